The summed E-state index contributed by atoms with van der Waals surface area (Å²) >= 11 is 7.26. The van der Waals surface area contributed by atoms with Crippen LogP contribution in [0, 0.1) is 0 Å². The van der Waals surface area contributed by atoms with Crippen LogP contribution >= 0.6 is 22.9 Å². The van der Waals surface area contributed by atoms with Gasteiger partial charge in [0, 0.05) is 34.1 Å². The number of sulfonamides is 1. The molecule has 3 aromatic rings. The Balaban J connectivity index is 1.61. The van der Waals surface area contributed by atoms with Crippen LogP contribution in [0.1, 0.15) is 18.4 Å². The first kappa shape index (κ1) is 15.2. The molecule has 1 aliphatic rings. The van der Waals surface area contributed by atoms with Crippen LogP contribution in [0.25, 0.3) is 10.9 Å². The SMILES string of the molecule is O=S(=O)(NCC1(c2c[nH]c3cc(Cl)ccc23)CC1)c1cccs1. The molecule has 0 aliphatic heterocycles. The fourth-order valence-electron chi connectivity index (χ4n) is 2.95. The van der Waals surface area contributed by atoms with E-state index in [0.29, 0.717) is 15.8 Å². The maximum absolute atomic E-state index is 12.3. The van der Waals surface area contributed by atoms with Gasteiger partial charge >= 0.3 is 0 Å². The molecule has 2 heterocycles. The van der Waals surface area contributed by atoms with Gasteiger partial charge in [0.2, 0.25) is 10.0 Å². The Kier molecular flexibility index (Phi) is 3.53. The highest BCUT2D eigenvalue weighted by Gasteiger charge is 2.46. The average molecular weight is 367 g/mol. The Morgan fingerprint density at radius 1 is 1.30 bits per heavy atom. The lowest BCUT2D eigenvalue weighted by Crippen LogP contribution is -2.31. The molecule has 0 atom stereocenters. The molecule has 2 aromatic heterocycles. The Hall–Kier alpha value is -1.34. The van der Waals surface area contributed by atoms with E-state index in [1.165, 1.54) is 11.3 Å². The van der Waals surface area contributed by atoms with Gasteiger partial charge in [-0.2, -0.15) is 0 Å². The Labute approximate surface area is 143 Å². The van der Waals surface area contributed by atoms with Crippen LogP contribution in [-0.2, 0) is 15.4 Å². The van der Waals surface area contributed by atoms with E-state index >= 15 is 0 Å². The number of thiophene rings is 1. The van der Waals surface area contributed by atoms with Crippen LogP contribution in [0.15, 0.2) is 46.1 Å². The first-order valence-electron chi connectivity index (χ1n) is 7.31. The highest BCUT2D eigenvalue weighted by molar-refractivity contribution is 7.91. The molecule has 7 heteroatoms. The zero-order valence-electron chi connectivity index (χ0n) is 12.2. The van der Waals surface area contributed by atoms with Crippen molar-refractivity contribution in [3.63, 3.8) is 0 Å². The summed E-state index contributed by atoms with van der Waals surface area (Å²) in [5, 5.41) is 3.57. The molecule has 4 nitrogen and oxygen atoms in total. The molecular weight excluding hydrogens is 352 g/mol. The Morgan fingerprint density at radius 3 is 2.83 bits per heavy atom. The maximum Gasteiger partial charge on any atom is 0.250 e. The van der Waals surface area contributed by atoms with E-state index in [9.17, 15) is 8.42 Å². The third-order valence-corrected chi connectivity index (χ3v) is 7.46. The maximum atomic E-state index is 12.3. The van der Waals surface area contributed by atoms with Crippen molar-refractivity contribution in [2.45, 2.75) is 22.5 Å². The Bertz CT molecular complexity index is 957. The van der Waals surface area contributed by atoms with Gasteiger partial charge in [-0.05, 0) is 42.0 Å². The van der Waals surface area contributed by atoms with Gasteiger partial charge in [-0.3, -0.25) is 0 Å². The summed E-state index contributed by atoms with van der Waals surface area (Å²) in [6.07, 6.45) is 3.94. The fourth-order valence-corrected chi connectivity index (χ4v) is 5.29. The summed E-state index contributed by atoms with van der Waals surface area (Å²) in [4.78, 5) is 3.24. The van der Waals surface area contributed by atoms with Crippen molar-refractivity contribution in [3.8, 4) is 0 Å². The Morgan fingerprint density at radius 2 is 2.13 bits per heavy atom. The number of hydrogen-bond donors (Lipinski definition) is 2. The number of fused-ring (bicyclic) bond motifs is 1. The van der Waals surface area contributed by atoms with Crippen LogP contribution in [0.5, 0.6) is 0 Å². The number of benzene rings is 1. The molecule has 120 valence electrons. The number of H-pyrrole nitrogens is 1. The van der Waals surface area contributed by atoms with Gasteiger partial charge in [0.1, 0.15) is 4.21 Å². The smallest absolute Gasteiger partial charge is 0.250 e. The van der Waals surface area contributed by atoms with Crippen LogP contribution in [0.3, 0.4) is 0 Å². The van der Waals surface area contributed by atoms with Gasteiger partial charge < -0.3 is 4.98 Å². The fraction of sp³-hybridized carbons (Fsp3) is 0.250. The minimum Gasteiger partial charge on any atom is -0.361 e. The van der Waals surface area contributed by atoms with Crippen molar-refractivity contribution in [2.24, 2.45) is 0 Å². The largest absolute Gasteiger partial charge is 0.361 e. The predicted octanol–water partition coefficient (Wildman–Crippen LogP) is 3.89. The second-order valence-electron chi connectivity index (χ2n) is 5.93. The van der Waals surface area contributed by atoms with Gasteiger partial charge in [0.05, 0.1) is 0 Å². The van der Waals surface area contributed by atoms with Crippen molar-refractivity contribution in [3.05, 3.63) is 52.5 Å². The average Bonchev–Trinajstić information content (AvgIpc) is 2.95. The molecule has 2 N–H and O–H groups in total. The highest BCUT2D eigenvalue weighted by atomic mass is 35.5. The van der Waals surface area contributed by atoms with Crippen molar-refractivity contribution < 1.29 is 8.42 Å². The number of aromatic amines is 1. The highest BCUT2D eigenvalue weighted by Crippen LogP contribution is 2.50. The van der Waals surface area contributed by atoms with Crippen molar-refractivity contribution in [2.75, 3.05) is 6.54 Å². The molecule has 0 amide bonds. The monoisotopic (exact) mass is 366 g/mol. The van der Waals surface area contributed by atoms with E-state index in [0.717, 1.165) is 29.3 Å². The third-order valence-electron chi connectivity index (χ3n) is 4.43. The molecule has 4 rings (SSSR count). The van der Waals surface area contributed by atoms with Crippen LogP contribution in [-0.4, -0.2) is 19.9 Å². The second-order valence-corrected chi connectivity index (χ2v) is 9.31. The number of nitrogens with one attached hydrogen (secondary N) is 2. The molecule has 0 radical (unpaired) electrons. The number of aromatic nitrogens is 1. The van der Waals surface area contributed by atoms with E-state index < -0.39 is 10.0 Å². The standard InChI is InChI=1S/C16H15ClN2O2S2/c17-11-3-4-12-13(9-18-14(12)8-11)16(5-6-16)10-19-23(20,21)15-2-1-7-22-15/h1-4,7-9,18-19H,5-6,10H2. The quantitative estimate of drug-likeness (QED) is 0.719. The van der Waals surface area contributed by atoms with Crippen LogP contribution < -0.4 is 4.72 Å². The van der Waals surface area contributed by atoms with Crippen molar-refractivity contribution >= 4 is 43.9 Å². The molecule has 0 unspecified atom stereocenters. The number of rotatable bonds is 5. The molecule has 0 bridgehead atoms. The first-order valence-corrected chi connectivity index (χ1v) is 10.0. The topological polar surface area (TPSA) is 62.0 Å². The summed E-state index contributed by atoms with van der Waals surface area (Å²) in [6, 6.07) is 9.13. The predicted molar refractivity (Wildman–Crippen MR) is 93.7 cm³/mol. The zero-order chi connectivity index (χ0) is 16.1. The minimum absolute atomic E-state index is 0.115. The lowest BCUT2D eigenvalue weighted by atomic mass is 9.96. The van der Waals surface area contributed by atoms with E-state index in [2.05, 4.69) is 9.71 Å². The zero-order valence-corrected chi connectivity index (χ0v) is 14.6. The molecule has 23 heavy (non-hydrogen) atoms. The normalized spacial score (nSPS) is 16.7. The summed E-state index contributed by atoms with van der Waals surface area (Å²) in [5.41, 5.74) is 2.04. The summed E-state index contributed by atoms with van der Waals surface area (Å²) in [5.74, 6) is 0. The van der Waals surface area contributed by atoms with E-state index in [1.807, 2.05) is 24.4 Å². The molecule has 1 fully saturated rings. The summed E-state index contributed by atoms with van der Waals surface area (Å²) < 4.78 is 27.8. The summed E-state index contributed by atoms with van der Waals surface area (Å²) in [6.45, 7) is 0.419. The first-order chi connectivity index (χ1) is 11.0. The third kappa shape index (κ3) is 2.70. The van der Waals surface area contributed by atoms with Crippen molar-refractivity contribution in [1.29, 1.82) is 0 Å². The van der Waals surface area contributed by atoms with Crippen molar-refractivity contribution in [1.82, 2.24) is 9.71 Å². The van der Waals surface area contributed by atoms with Gasteiger partial charge in [0.15, 0.2) is 0 Å². The molecule has 0 spiro atoms. The second kappa shape index (κ2) is 5.34. The molecule has 1 aliphatic carbocycles. The lowest BCUT2D eigenvalue weighted by Gasteiger charge is -2.15. The van der Waals surface area contributed by atoms with Crippen LogP contribution in [0.2, 0.25) is 5.02 Å². The van der Waals surface area contributed by atoms with Gasteiger partial charge in [-0.1, -0.05) is 23.7 Å². The molecule has 1 saturated carbocycles. The molecular formula is C16H15ClN2O2S2. The van der Waals surface area contributed by atoms with Gasteiger partial charge in [-0.25, -0.2) is 13.1 Å². The minimum atomic E-state index is -3.42. The molecule has 1 aromatic carbocycles. The van der Waals surface area contributed by atoms with E-state index in [4.69, 9.17) is 11.6 Å². The summed E-state index contributed by atoms with van der Waals surface area (Å²) in [7, 11) is -3.42. The van der Waals surface area contributed by atoms with Gasteiger partial charge in [0.25, 0.3) is 0 Å². The van der Waals surface area contributed by atoms with E-state index in [-0.39, 0.29) is 5.41 Å². The van der Waals surface area contributed by atoms with Crippen LogP contribution in [0.4, 0.5) is 0 Å². The lowest BCUT2D eigenvalue weighted by molar-refractivity contribution is 0.570. The van der Waals surface area contributed by atoms with E-state index in [1.54, 1.807) is 17.5 Å². The molecule has 0 saturated heterocycles. The number of halogens is 1. The number of hydrogen-bond acceptors (Lipinski definition) is 3. The van der Waals surface area contributed by atoms with Gasteiger partial charge in [-0.15, -0.1) is 11.3 Å².